The van der Waals surface area contributed by atoms with Gasteiger partial charge in [0.25, 0.3) is 0 Å². The summed E-state index contributed by atoms with van der Waals surface area (Å²) in [6.07, 6.45) is 39.0. The van der Waals surface area contributed by atoms with E-state index in [1.165, 1.54) is 32.1 Å². The summed E-state index contributed by atoms with van der Waals surface area (Å²) in [5.74, 6) is 14.1. The van der Waals surface area contributed by atoms with Crippen molar-refractivity contribution < 1.29 is 0 Å². The van der Waals surface area contributed by atoms with E-state index in [4.69, 9.17) is 0 Å². The first-order valence-corrected chi connectivity index (χ1v) is 21.2. The molecule has 13 atom stereocenters. The van der Waals surface area contributed by atoms with Crippen molar-refractivity contribution >= 4 is 0 Å². The summed E-state index contributed by atoms with van der Waals surface area (Å²) in [4.78, 5) is 0. The number of hydrogen-bond acceptors (Lipinski definition) is 0. The lowest BCUT2D eigenvalue weighted by Crippen LogP contribution is -2.53. The molecule has 250 valence electrons. The van der Waals surface area contributed by atoms with E-state index < -0.39 is 0 Å². The van der Waals surface area contributed by atoms with Gasteiger partial charge in [0.1, 0.15) is 0 Å². The first-order valence-electron chi connectivity index (χ1n) is 21.2. The molecular formula is C43H78. The van der Waals surface area contributed by atoms with Crippen LogP contribution in [0.1, 0.15) is 195 Å². The molecule has 0 aromatic heterocycles. The van der Waals surface area contributed by atoms with Crippen molar-refractivity contribution in [3.8, 4) is 0 Å². The summed E-state index contributed by atoms with van der Waals surface area (Å²) in [7, 11) is 0. The molecule has 0 nitrogen and oxygen atoms in total. The number of rotatable bonds is 10. The lowest BCUT2D eigenvalue weighted by atomic mass is 9.45. The fourth-order valence-electron chi connectivity index (χ4n) is 13.8. The standard InChI is InChI=1S/C41H72.C2H6/c1-4-6-8-15-30-23-24-33(27-30)36-19-11-12-20-37(36)41-35(18-7-5-2)29(3)40(38-21-13-14-22-39(38)41)34-26-25-31-16-9-10-17-32(31)28-34;1-2/h29-41H,4-28H2,1-3H3;1-2H3. The SMILES string of the molecule is CC.CCCCCC1CCC(C2CCCCC2C2C(CCCC)C(C)C(C3CCC4CCCCC4C3)C3CCCCC32)C1. The summed E-state index contributed by atoms with van der Waals surface area (Å²) in [6.45, 7) is 11.7. The molecule has 13 unspecified atom stereocenters. The third-order valence-electron chi connectivity index (χ3n) is 15.4. The Morgan fingerprint density at radius 2 is 1.00 bits per heavy atom. The highest BCUT2D eigenvalue weighted by Gasteiger charge is 2.55. The van der Waals surface area contributed by atoms with Gasteiger partial charge in [-0.3, -0.25) is 0 Å². The number of hydrogen-bond donors (Lipinski definition) is 0. The smallest absolute Gasteiger partial charge is 0.0321 e. The van der Waals surface area contributed by atoms with Crippen molar-refractivity contribution in [3.63, 3.8) is 0 Å². The van der Waals surface area contributed by atoms with Crippen LogP contribution in [0.25, 0.3) is 0 Å². The Hall–Kier alpha value is 0. The van der Waals surface area contributed by atoms with E-state index in [1.54, 1.807) is 128 Å². The van der Waals surface area contributed by atoms with Crippen LogP contribution < -0.4 is 0 Å². The Labute approximate surface area is 271 Å². The molecule has 6 aliphatic rings. The normalized spacial score (nSPS) is 45.0. The zero-order valence-electron chi connectivity index (χ0n) is 30.2. The van der Waals surface area contributed by atoms with Gasteiger partial charge < -0.3 is 0 Å². The second-order valence-corrected chi connectivity index (χ2v) is 17.4. The van der Waals surface area contributed by atoms with Crippen molar-refractivity contribution in [1.82, 2.24) is 0 Å². The van der Waals surface area contributed by atoms with Gasteiger partial charge in [0.05, 0.1) is 0 Å². The van der Waals surface area contributed by atoms with Gasteiger partial charge >= 0.3 is 0 Å². The third-order valence-corrected chi connectivity index (χ3v) is 15.4. The van der Waals surface area contributed by atoms with Crippen molar-refractivity contribution in [2.24, 2.45) is 76.9 Å². The minimum atomic E-state index is 1.00. The number of fused-ring (bicyclic) bond motifs is 2. The van der Waals surface area contributed by atoms with Gasteiger partial charge in [-0.25, -0.2) is 0 Å². The van der Waals surface area contributed by atoms with Crippen molar-refractivity contribution in [2.45, 2.75) is 195 Å². The highest BCUT2D eigenvalue weighted by Crippen LogP contribution is 2.62. The van der Waals surface area contributed by atoms with Gasteiger partial charge in [-0.05, 0) is 141 Å². The summed E-state index contributed by atoms with van der Waals surface area (Å²) in [5, 5.41) is 0. The Bertz CT molecular complexity index is 768. The van der Waals surface area contributed by atoms with Gasteiger partial charge in [-0.1, -0.05) is 131 Å². The molecule has 0 heterocycles. The molecule has 6 aliphatic carbocycles. The van der Waals surface area contributed by atoms with Gasteiger partial charge in [-0.2, -0.15) is 0 Å². The van der Waals surface area contributed by atoms with Crippen LogP contribution in [0.15, 0.2) is 0 Å². The molecule has 6 saturated carbocycles. The summed E-state index contributed by atoms with van der Waals surface area (Å²) in [6, 6.07) is 0. The minimum Gasteiger partial charge on any atom is -0.0683 e. The second-order valence-electron chi connectivity index (χ2n) is 17.4. The average molecular weight is 595 g/mol. The summed E-state index contributed by atoms with van der Waals surface area (Å²) >= 11 is 0. The molecule has 0 heteroatoms. The van der Waals surface area contributed by atoms with E-state index in [1.807, 2.05) is 13.8 Å². The fraction of sp³-hybridized carbons (Fsp3) is 1.00. The maximum atomic E-state index is 2.85. The maximum absolute atomic E-state index is 2.85. The van der Waals surface area contributed by atoms with Crippen molar-refractivity contribution in [2.75, 3.05) is 0 Å². The Kier molecular flexibility index (Phi) is 13.8. The summed E-state index contributed by atoms with van der Waals surface area (Å²) in [5.41, 5.74) is 0. The molecule has 43 heavy (non-hydrogen) atoms. The van der Waals surface area contributed by atoms with E-state index in [-0.39, 0.29) is 0 Å². The molecule has 0 bridgehead atoms. The molecule has 0 aromatic rings. The van der Waals surface area contributed by atoms with Gasteiger partial charge in [-0.15, -0.1) is 0 Å². The van der Waals surface area contributed by atoms with E-state index in [0.29, 0.717) is 0 Å². The molecule has 0 N–H and O–H groups in total. The largest absolute Gasteiger partial charge is 0.0683 e. The van der Waals surface area contributed by atoms with E-state index in [9.17, 15) is 0 Å². The predicted molar refractivity (Wildman–Crippen MR) is 189 cm³/mol. The second kappa shape index (κ2) is 17.2. The lowest BCUT2D eigenvalue weighted by Gasteiger charge is -2.60. The average Bonchev–Trinajstić information content (AvgIpc) is 3.53. The van der Waals surface area contributed by atoms with E-state index >= 15 is 0 Å². The van der Waals surface area contributed by atoms with E-state index in [0.717, 1.165) is 76.9 Å². The van der Waals surface area contributed by atoms with Crippen LogP contribution in [0.3, 0.4) is 0 Å². The Morgan fingerprint density at radius 3 is 1.70 bits per heavy atom. The first kappa shape index (κ1) is 34.3. The van der Waals surface area contributed by atoms with Crippen LogP contribution in [0, 0.1) is 76.9 Å². The maximum Gasteiger partial charge on any atom is -0.0321 e. The van der Waals surface area contributed by atoms with Crippen LogP contribution in [0.4, 0.5) is 0 Å². The van der Waals surface area contributed by atoms with Crippen molar-refractivity contribution in [1.29, 1.82) is 0 Å². The monoisotopic (exact) mass is 595 g/mol. The van der Waals surface area contributed by atoms with Crippen LogP contribution in [0.5, 0.6) is 0 Å². The lowest BCUT2D eigenvalue weighted by molar-refractivity contribution is -0.114. The quantitative estimate of drug-likeness (QED) is 0.221. The van der Waals surface area contributed by atoms with E-state index in [2.05, 4.69) is 20.8 Å². The molecule has 0 saturated heterocycles. The van der Waals surface area contributed by atoms with Gasteiger partial charge in [0, 0.05) is 0 Å². The topological polar surface area (TPSA) is 0 Å². The third kappa shape index (κ3) is 7.94. The predicted octanol–water partition coefficient (Wildman–Crippen LogP) is 13.9. The van der Waals surface area contributed by atoms with Gasteiger partial charge in [0.15, 0.2) is 0 Å². The number of unbranched alkanes of at least 4 members (excludes halogenated alkanes) is 3. The first-order chi connectivity index (χ1) is 21.2. The van der Waals surface area contributed by atoms with Crippen LogP contribution in [0.2, 0.25) is 0 Å². The molecule has 6 rings (SSSR count). The van der Waals surface area contributed by atoms with Crippen LogP contribution in [-0.4, -0.2) is 0 Å². The molecule has 0 aromatic carbocycles. The fourth-order valence-corrected chi connectivity index (χ4v) is 13.8. The van der Waals surface area contributed by atoms with Crippen LogP contribution >= 0.6 is 0 Å². The Balaban J connectivity index is 0.00000180. The highest BCUT2D eigenvalue weighted by atomic mass is 14.6. The molecule has 0 amide bonds. The molecule has 0 radical (unpaired) electrons. The zero-order valence-corrected chi connectivity index (χ0v) is 30.2. The molecule has 0 spiro atoms. The minimum absolute atomic E-state index is 1.00. The van der Waals surface area contributed by atoms with Crippen LogP contribution in [-0.2, 0) is 0 Å². The zero-order chi connectivity index (χ0) is 30.2. The highest BCUT2D eigenvalue weighted by molar-refractivity contribution is 5.04. The molecule has 0 aliphatic heterocycles. The van der Waals surface area contributed by atoms with Gasteiger partial charge in [0.2, 0.25) is 0 Å². The van der Waals surface area contributed by atoms with Crippen molar-refractivity contribution in [3.05, 3.63) is 0 Å². The summed E-state index contributed by atoms with van der Waals surface area (Å²) < 4.78 is 0. The Morgan fingerprint density at radius 1 is 0.442 bits per heavy atom. The molecular weight excluding hydrogens is 516 g/mol. The molecule has 6 fully saturated rings.